The van der Waals surface area contributed by atoms with Crippen LogP contribution in [0.4, 0.5) is 0 Å². The van der Waals surface area contributed by atoms with Gasteiger partial charge in [-0.15, -0.1) is 0 Å². The molecule has 13 heteroatoms. The third-order valence-electron chi connectivity index (χ3n) is 5.84. The fraction of sp³-hybridized carbons (Fsp3) is 0.231. The van der Waals surface area contributed by atoms with Crippen molar-refractivity contribution in [1.82, 2.24) is 20.9 Å². The number of carboxylic acid groups (broad SMARTS) is 2. The van der Waals surface area contributed by atoms with E-state index in [0.29, 0.717) is 11.1 Å². The third kappa shape index (κ3) is 7.89. The fourth-order valence-corrected chi connectivity index (χ4v) is 3.84. The van der Waals surface area contributed by atoms with E-state index in [4.69, 9.17) is 11.1 Å². The van der Waals surface area contributed by atoms with Crippen molar-refractivity contribution in [2.24, 2.45) is 5.73 Å². The van der Waals surface area contributed by atoms with E-state index in [1.807, 2.05) is 12.1 Å². The Morgan fingerprint density at radius 1 is 0.923 bits per heavy atom. The SMILES string of the molecule is N=C(N)c1ccc(C(=O)NCCC(=O)N[C@@H](CC(=O)O)C(=O)N[C@H](Cc2c[nH]c3ccccc23)C(=O)O)cc1. The van der Waals surface area contributed by atoms with Crippen molar-refractivity contribution in [3.8, 4) is 0 Å². The highest BCUT2D eigenvalue weighted by Crippen LogP contribution is 2.19. The highest BCUT2D eigenvalue weighted by atomic mass is 16.4. The number of benzene rings is 2. The Hall–Kier alpha value is -5.20. The molecular weight excluding hydrogens is 508 g/mol. The van der Waals surface area contributed by atoms with E-state index in [9.17, 15) is 34.2 Å². The summed E-state index contributed by atoms with van der Waals surface area (Å²) >= 11 is 0. The summed E-state index contributed by atoms with van der Waals surface area (Å²) in [5, 5.41) is 34.2. The fourth-order valence-electron chi connectivity index (χ4n) is 3.84. The molecule has 0 saturated heterocycles. The zero-order valence-corrected chi connectivity index (χ0v) is 20.7. The molecule has 2 atom stereocenters. The van der Waals surface area contributed by atoms with Crippen LogP contribution in [-0.4, -0.2) is 69.3 Å². The number of nitrogens with one attached hydrogen (secondary N) is 5. The third-order valence-corrected chi connectivity index (χ3v) is 5.84. The quantitative estimate of drug-likeness (QED) is 0.112. The van der Waals surface area contributed by atoms with Gasteiger partial charge in [0.25, 0.3) is 5.91 Å². The summed E-state index contributed by atoms with van der Waals surface area (Å²) in [5.41, 5.74) is 7.53. The number of aromatic amines is 1. The van der Waals surface area contributed by atoms with Crippen LogP contribution < -0.4 is 21.7 Å². The number of rotatable bonds is 13. The largest absolute Gasteiger partial charge is 0.481 e. The van der Waals surface area contributed by atoms with Gasteiger partial charge in [-0.25, -0.2) is 4.79 Å². The summed E-state index contributed by atoms with van der Waals surface area (Å²) in [6.45, 7) is -0.112. The van der Waals surface area contributed by atoms with Gasteiger partial charge in [0.05, 0.1) is 6.42 Å². The van der Waals surface area contributed by atoms with E-state index in [0.717, 1.165) is 10.9 Å². The molecule has 204 valence electrons. The number of nitrogens with two attached hydrogens (primary N) is 1. The van der Waals surface area contributed by atoms with E-state index < -0.39 is 48.2 Å². The number of para-hydroxylation sites is 1. The number of fused-ring (bicyclic) bond motifs is 1. The van der Waals surface area contributed by atoms with Gasteiger partial charge in [-0.3, -0.25) is 24.6 Å². The molecule has 0 aliphatic heterocycles. The van der Waals surface area contributed by atoms with E-state index in [1.54, 1.807) is 18.3 Å². The van der Waals surface area contributed by atoms with Crippen molar-refractivity contribution in [1.29, 1.82) is 5.41 Å². The lowest BCUT2D eigenvalue weighted by molar-refractivity contribution is -0.143. The topological polar surface area (TPSA) is 228 Å². The van der Waals surface area contributed by atoms with Crippen molar-refractivity contribution >= 4 is 46.4 Å². The Balaban J connectivity index is 1.57. The molecule has 1 aromatic heterocycles. The first-order chi connectivity index (χ1) is 18.5. The second-order valence-electron chi connectivity index (χ2n) is 8.68. The smallest absolute Gasteiger partial charge is 0.326 e. The highest BCUT2D eigenvalue weighted by molar-refractivity contribution is 5.98. The monoisotopic (exact) mass is 536 g/mol. The zero-order valence-electron chi connectivity index (χ0n) is 20.7. The van der Waals surface area contributed by atoms with E-state index >= 15 is 0 Å². The van der Waals surface area contributed by atoms with Gasteiger partial charge in [0.2, 0.25) is 11.8 Å². The van der Waals surface area contributed by atoms with Crippen LogP contribution in [0, 0.1) is 5.41 Å². The lowest BCUT2D eigenvalue weighted by Gasteiger charge is -2.20. The number of hydrogen-bond donors (Lipinski definition) is 8. The van der Waals surface area contributed by atoms with Gasteiger partial charge in [0, 0.05) is 47.6 Å². The van der Waals surface area contributed by atoms with Crippen LogP contribution in [0.1, 0.15) is 34.3 Å². The summed E-state index contributed by atoms with van der Waals surface area (Å²) in [7, 11) is 0. The molecule has 1 heterocycles. The summed E-state index contributed by atoms with van der Waals surface area (Å²) in [6.07, 6.45) is 0.526. The molecule has 3 aromatic rings. The van der Waals surface area contributed by atoms with Crippen LogP contribution in [0.25, 0.3) is 10.9 Å². The van der Waals surface area contributed by atoms with Crippen LogP contribution in [0.2, 0.25) is 0 Å². The minimum absolute atomic E-state index is 0.0712. The average molecular weight is 537 g/mol. The summed E-state index contributed by atoms with van der Waals surface area (Å²) in [4.78, 5) is 63.7. The first-order valence-corrected chi connectivity index (χ1v) is 11.9. The number of hydrogen-bond acceptors (Lipinski definition) is 6. The molecule has 0 fully saturated rings. The first kappa shape index (κ1) is 28.4. The maximum absolute atomic E-state index is 12.8. The van der Waals surface area contributed by atoms with Crippen LogP contribution in [0.5, 0.6) is 0 Å². The Labute approximate surface area is 222 Å². The molecule has 0 spiro atoms. The van der Waals surface area contributed by atoms with Crippen LogP contribution in [0.3, 0.4) is 0 Å². The number of H-pyrrole nitrogens is 1. The molecule has 9 N–H and O–H groups in total. The Kier molecular flexibility index (Phi) is 9.35. The molecule has 0 aliphatic rings. The second kappa shape index (κ2) is 12.9. The first-order valence-electron chi connectivity index (χ1n) is 11.9. The van der Waals surface area contributed by atoms with Gasteiger partial charge < -0.3 is 36.9 Å². The minimum atomic E-state index is -1.53. The second-order valence-corrected chi connectivity index (χ2v) is 8.68. The molecule has 0 saturated carbocycles. The number of carbonyl (C=O) groups excluding carboxylic acids is 3. The number of aromatic nitrogens is 1. The number of carboxylic acids is 2. The lowest BCUT2D eigenvalue weighted by atomic mass is 10.0. The zero-order chi connectivity index (χ0) is 28.5. The van der Waals surface area contributed by atoms with Crippen molar-refractivity contribution in [3.63, 3.8) is 0 Å². The van der Waals surface area contributed by atoms with E-state index in [2.05, 4.69) is 20.9 Å². The Morgan fingerprint density at radius 2 is 1.59 bits per heavy atom. The van der Waals surface area contributed by atoms with Crippen molar-refractivity contribution < 1.29 is 34.2 Å². The van der Waals surface area contributed by atoms with Crippen LogP contribution in [0.15, 0.2) is 54.7 Å². The lowest BCUT2D eigenvalue weighted by Crippen LogP contribution is -2.53. The van der Waals surface area contributed by atoms with E-state index in [1.165, 1.54) is 24.3 Å². The predicted molar refractivity (Wildman–Crippen MR) is 140 cm³/mol. The predicted octanol–water partition coefficient (Wildman–Crippen LogP) is 0.343. The molecule has 39 heavy (non-hydrogen) atoms. The van der Waals surface area contributed by atoms with E-state index in [-0.39, 0.29) is 30.8 Å². The number of carbonyl (C=O) groups is 5. The standard InChI is InChI=1S/C26H28N6O7/c27-23(28)14-5-7-15(8-6-14)24(36)29-10-9-21(33)31-19(12-22(34)35)25(37)32-20(26(38)39)11-16-13-30-18-4-2-1-3-17(16)18/h1-8,13,19-20,30H,9-12H2,(H3,27,28)(H,29,36)(H,31,33)(H,32,37)(H,34,35)(H,38,39)/t19-,20+/m0/s1. The summed E-state index contributed by atoms with van der Waals surface area (Å²) in [5.74, 6) is -5.01. The minimum Gasteiger partial charge on any atom is -0.481 e. The molecule has 0 radical (unpaired) electrons. The van der Waals surface area contributed by atoms with Crippen molar-refractivity contribution in [2.45, 2.75) is 31.3 Å². The number of nitrogen functional groups attached to an aromatic ring is 1. The Bertz CT molecular complexity index is 1400. The van der Waals surface area contributed by atoms with Gasteiger partial charge in [0.15, 0.2) is 0 Å². The van der Waals surface area contributed by atoms with Crippen LogP contribution in [-0.2, 0) is 25.6 Å². The molecular formula is C26H28N6O7. The maximum atomic E-state index is 12.8. The molecule has 3 amide bonds. The van der Waals surface area contributed by atoms with Gasteiger partial charge in [-0.05, 0) is 23.8 Å². The van der Waals surface area contributed by atoms with Crippen LogP contribution >= 0.6 is 0 Å². The van der Waals surface area contributed by atoms with Gasteiger partial charge >= 0.3 is 11.9 Å². The summed E-state index contributed by atoms with van der Waals surface area (Å²) < 4.78 is 0. The van der Waals surface area contributed by atoms with Gasteiger partial charge in [-0.2, -0.15) is 0 Å². The Morgan fingerprint density at radius 3 is 2.23 bits per heavy atom. The van der Waals surface area contributed by atoms with Gasteiger partial charge in [-0.1, -0.05) is 30.3 Å². The molecule has 0 unspecified atom stereocenters. The maximum Gasteiger partial charge on any atom is 0.326 e. The number of amidine groups is 1. The van der Waals surface area contributed by atoms with Gasteiger partial charge in [0.1, 0.15) is 17.9 Å². The molecule has 13 nitrogen and oxygen atoms in total. The molecule has 2 aromatic carbocycles. The highest BCUT2D eigenvalue weighted by Gasteiger charge is 2.29. The number of amides is 3. The molecule has 3 rings (SSSR count). The molecule has 0 aliphatic carbocycles. The number of aliphatic carboxylic acids is 2. The van der Waals surface area contributed by atoms with Crippen molar-refractivity contribution in [2.75, 3.05) is 6.54 Å². The van der Waals surface area contributed by atoms with Crippen molar-refractivity contribution in [3.05, 3.63) is 71.4 Å². The average Bonchev–Trinajstić information content (AvgIpc) is 3.30. The summed E-state index contributed by atoms with van der Waals surface area (Å²) in [6, 6.07) is 10.3. The molecule has 0 bridgehead atoms. The normalized spacial score (nSPS) is 12.2.